The van der Waals surface area contributed by atoms with E-state index >= 15 is 0 Å². The van der Waals surface area contributed by atoms with Crippen molar-refractivity contribution in [2.75, 3.05) is 0 Å². The number of thiophene rings is 9. The predicted molar refractivity (Wildman–Crippen MR) is 257 cm³/mol. The normalized spacial score (nSPS) is 11.5. The maximum absolute atomic E-state index is 5.68. The minimum Gasteiger partial charge on any atom is -0.245 e. The molecule has 0 aromatic carbocycles. The molecule has 11 aromatic heterocycles. The minimum absolute atomic E-state index is 1.02. The molecule has 0 unspecified atom stereocenters. The fraction of sp³-hybridized carbons (Fsp3) is 0. The standard InChI is InChI=1S/C46H26N2S9/c1-9-27(49-19-1)37-39(29-11-3-21-51-29)43(33-13-5-23-53-33)47-45(35-15-7-25-55-35)41(37)31-17-18-32(57-31)42-38(28-10-2-20-50-28)40(30-12-4-22-52-30)44(34-14-6-24-54-34)48-46(42)36-16-8-26-56-36/h1-26H. The van der Waals surface area contributed by atoms with Crippen LogP contribution in [-0.2, 0) is 0 Å². The number of hydrogen-bond acceptors (Lipinski definition) is 11. The lowest BCUT2D eigenvalue weighted by Crippen LogP contribution is -1.98. The largest absolute Gasteiger partial charge is 0.245 e. The van der Waals surface area contributed by atoms with Gasteiger partial charge in [0.15, 0.2) is 0 Å². The third-order valence-electron chi connectivity index (χ3n) is 9.58. The third kappa shape index (κ3) is 6.42. The molecule has 11 rings (SSSR count). The highest BCUT2D eigenvalue weighted by Crippen LogP contribution is 2.56. The molecule has 0 bridgehead atoms. The zero-order chi connectivity index (χ0) is 37.7. The molecule has 0 amide bonds. The van der Waals surface area contributed by atoms with Gasteiger partial charge in [-0.1, -0.05) is 48.5 Å². The molecule has 0 fully saturated rings. The Kier molecular flexibility index (Phi) is 9.66. The van der Waals surface area contributed by atoms with E-state index in [1.54, 1.807) is 90.7 Å². The first kappa shape index (κ1) is 35.7. The van der Waals surface area contributed by atoms with Crippen LogP contribution < -0.4 is 0 Å². The van der Waals surface area contributed by atoms with Crippen LogP contribution in [0.15, 0.2) is 152 Å². The Balaban J connectivity index is 1.25. The molecule has 0 aliphatic carbocycles. The Morgan fingerprint density at radius 2 is 0.456 bits per heavy atom. The Labute approximate surface area is 365 Å². The summed E-state index contributed by atoms with van der Waals surface area (Å²) in [7, 11) is 0. The van der Waals surface area contributed by atoms with Crippen LogP contribution in [0.5, 0.6) is 0 Å². The Hall–Kier alpha value is -4.40. The Morgan fingerprint density at radius 1 is 0.228 bits per heavy atom. The molecule has 0 spiro atoms. The van der Waals surface area contributed by atoms with E-state index in [1.807, 2.05) is 11.3 Å². The summed E-state index contributed by atoms with van der Waals surface area (Å²) in [6, 6.07) is 39.8. The molecule has 11 heteroatoms. The number of aromatic nitrogens is 2. The van der Waals surface area contributed by atoms with Crippen LogP contribution in [0.2, 0.25) is 0 Å². The second-order valence-corrected chi connectivity index (χ2v) is 21.5. The van der Waals surface area contributed by atoms with E-state index in [1.165, 1.54) is 72.4 Å². The summed E-state index contributed by atoms with van der Waals surface area (Å²) >= 11 is 16.0. The number of hydrogen-bond donors (Lipinski definition) is 0. The first-order valence-corrected chi connectivity index (χ1v) is 25.7. The van der Waals surface area contributed by atoms with Gasteiger partial charge in [0.05, 0.1) is 42.3 Å². The van der Waals surface area contributed by atoms with E-state index in [2.05, 4.69) is 152 Å². The maximum atomic E-state index is 5.68. The van der Waals surface area contributed by atoms with Crippen LogP contribution in [0.1, 0.15) is 0 Å². The maximum Gasteiger partial charge on any atom is 0.0903 e. The fourth-order valence-electron chi connectivity index (χ4n) is 7.28. The molecule has 57 heavy (non-hydrogen) atoms. The van der Waals surface area contributed by atoms with Crippen molar-refractivity contribution in [1.29, 1.82) is 0 Å². The Morgan fingerprint density at radius 3 is 0.702 bits per heavy atom. The van der Waals surface area contributed by atoms with Gasteiger partial charge in [0.1, 0.15) is 0 Å². The Bertz CT molecular complexity index is 2810. The molecule has 0 aliphatic rings. The summed E-state index contributed by atoms with van der Waals surface area (Å²) < 4.78 is 0. The van der Waals surface area contributed by atoms with Crippen molar-refractivity contribution in [3.05, 3.63) is 152 Å². The van der Waals surface area contributed by atoms with Crippen LogP contribution in [0.4, 0.5) is 0 Å². The van der Waals surface area contributed by atoms with Crippen LogP contribution in [0.3, 0.4) is 0 Å². The van der Waals surface area contributed by atoms with Crippen LogP contribution >= 0.6 is 102 Å². The van der Waals surface area contributed by atoms with Crippen molar-refractivity contribution < 1.29 is 0 Å². The van der Waals surface area contributed by atoms with E-state index in [0.717, 1.165) is 32.5 Å². The molecule has 0 aliphatic heterocycles. The van der Waals surface area contributed by atoms with E-state index < -0.39 is 0 Å². The molecule has 11 aromatic rings. The average molecular weight is 895 g/mol. The van der Waals surface area contributed by atoms with Gasteiger partial charge < -0.3 is 0 Å². The highest BCUT2D eigenvalue weighted by molar-refractivity contribution is 7.20. The molecule has 274 valence electrons. The summed E-state index contributed by atoms with van der Waals surface area (Å²) in [5.41, 5.74) is 11.3. The van der Waals surface area contributed by atoms with Crippen molar-refractivity contribution in [2.24, 2.45) is 0 Å². The molecular weight excluding hydrogens is 869 g/mol. The number of pyridine rings is 2. The molecule has 0 radical (unpaired) electrons. The molecule has 0 atom stereocenters. The summed E-state index contributed by atoms with van der Waals surface area (Å²) in [6.45, 7) is 0. The smallest absolute Gasteiger partial charge is 0.0903 e. The first-order chi connectivity index (χ1) is 28.3. The molecule has 0 N–H and O–H groups in total. The second kappa shape index (κ2) is 15.4. The van der Waals surface area contributed by atoms with Crippen molar-refractivity contribution in [3.63, 3.8) is 0 Å². The van der Waals surface area contributed by atoms with Gasteiger partial charge in [-0.05, 0) is 104 Å². The predicted octanol–water partition coefficient (Wildman–Crippen LogP) is 17.7. The van der Waals surface area contributed by atoms with Gasteiger partial charge in [0.2, 0.25) is 0 Å². The molecule has 2 nitrogen and oxygen atoms in total. The van der Waals surface area contributed by atoms with Gasteiger partial charge in [-0.2, -0.15) is 0 Å². The van der Waals surface area contributed by atoms with Gasteiger partial charge in [0, 0.05) is 62.6 Å². The lowest BCUT2D eigenvalue weighted by Gasteiger charge is -2.20. The van der Waals surface area contributed by atoms with Crippen LogP contribution in [0, 0.1) is 0 Å². The number of nitrogens with zero attached hydrogens (tertiary/aromatic N) is 2. The zero-order valence-corrected chi connectivity index (χ0v) is 36.9. The monoisotopic (exact) mass is 894 g/mol. The van der Waals surface area contributed by atoms with E-state index in [-0.39, 0.29) is 0 Å². The fourth-order valence-corrected chi connectivity index (χ4v) is 14.4. The van der Waals surface area contributed by atoms with Crippen molar-refractivity contribution in [2.45, 2.75) is 0 Å². The zero-order valence-electron chi connectivity index (χ0n) is 29.6. The minimum atomic E-state index is 1.02. The van der Waals surface area contributed by atoms with E-state index in [4.69, 9.17) is 9.97 Å². The highest BCUT2D eigenvalue weighted by atomic mass is 32.1. The van der Waals surface area contributed by atoms with Gasteiger partial charge in [-0.25, -0.2) is 9.97 Å². The van der Waals surface area contributed by atoms with Crippen molar-refractivity contribution in [3.8, 4) is 105 Å². The highest BCUT2D eigenvalue weighted by Gasteiger charge is 2.31. The topological polar surface area (TPSA) is 25.8 Å². The van der Waals surface area contributed by atoms with Crippen LogP contribution in [-0.4, -0.2) is 9.97 Å². The quantitative estimate of drug-likeness (QED) is 0.137. The molecule has 0 saturated heterocycles. The van der Waals surface area contributed by atoms with E-state index in [9.17, 15) is 0 Å². The van der Waals surface area contributed by atoms with Crippen molar-refractivity contribution >= 4 is 102 Å². The average Bonchev–Trinajstić information content (AvgIpc) is 4.11. The lowest BCUT2D eigenvalue weighted by atomic mass is 9.92. The van der Waals surface area contributed by atoms with Gasteiger partial charge in [-0.15, -0.1) is 102 Å². The molecule has 0 saturated carbocycles. The third-order valence-corrected chi connectivity index (χ3v) is 17.8. The summed E-state index contributed by atoms with van der Waals surface area (Å²) in [4.78, 5) is 23.3. The summed E-state index contributed by atoms with van der Waals surface area (Å²) in [6.07, 6.45) is 0. The first-order valence-electron chi connectivity index (χ1n) is 17.9. The lowest BCUT2D eigenvalue weighted by molar-refractivity contribution is 1.36. The summed E-state index contributed by atoms with van der Waals surface area (Å²) in [5, 5.41) is 17.4. The van der Waals surface area contributed by atoms with E-state index in [0.29, 0.717) is 0 Å². The second-order valence-electron chi connectivity index (χ2n) is 12.9. The molecular formula is C46H26N2S9. The molecule has 11 heterocycles. The van der Waals surface area contributed by atoms with Crippen LogP contribution in [0.25, 0.3) is 105 Å². The van der Waals surface area contributed by atoms with Gasteiger partial charge >= 0.3 is 0 Å². The SMILES string of the molecule is c1csc(-c2nc(-c3cccs3)c(-c3ccc(-c4c(-c5cccs5)nc(-c5cccs5)c(-c5cccs5)c4-c4cccs4)s3)c(-c3cccs3)c2-c2cccs2)c1. The number of rotatable bonds is 10. The van der Waals surface area contributed by atoms with Gasteiger partial charge in [-0.3, -0.25) is 0 Å². The summed E-state index contributed by atoms with van der Waals surface area (Å²) in [5.74, 6) is 0. The van der Waals surface area contributed by atoms with Gasteiger partial charge in [0.25, 0.3) is 0 Å². The van der Waals surface area contributed by atoms with Crippen molar-refractivity contribution in [1.82, 2.24) is 9.97 Å².